The summed E-state index contributed by atoms with van der Waals surface area (Å²) in [7, 11) is 0. The average Bonchev–Trinajstić information content (AvgIpc) is 2.40. The van der Waals surface area contributed by atoms with Crippen LogP contribution >= 0.6 is 11.6 Å². The average molecular weight is 294 g/mol. The monoisotopic (exact) mass is 293 g/mol. The van der Waals surface area contributed by atoms with Crippen LogP contribution in [0.1, 0.15) is 36.3 Å². The van der Waals surface area contributed by atoms with E-state index in [-0.39, 0.29) is 5.56 Å². The zero-order chi connectivity index (χ0) is 14.7. The van der Waals surface area contributed by atoms with Crippen LogP contribution in [-0.4, -0.2) is 17.6 Å². The molecule has 0 saturated heterocycles. The number of aromatic amines is 1. The maximum atomic E-state index is 12.2. The van der Waals surface area contributed by atoms with Gasteiger partial charge in [-0.05, 0) is 25.5 Å². The molecule has 5 heteroatoms. The number of hydrogen-bond acceptors (Lipinski definition) is 3. The van der Waals surface area contributed by atoms with Crippen LogP contribution in [0.5, 0.6) is 0 Å². The van der Waals surface area contributed by atoms with Gasteiger partial charge in [0.25, 0.3) is 5.56 Å². The minimum Gasteiger partial charge on any atom is -0.462 e. The van der Waals surface area contributed by atoms with Gasteiger partial charge in [-0.15, -0.1) is 0 Å². The lowest BCUT2D eigenvalue weighted by Crippen LogP contribution is -2.17. The Morgan fingerprint density at radius 1 is 1.30 bits per heavy atom. The summed E-state index contributed by atoms with van der Waals surface area (Å²) in [6.07, 6.45) is 1.43. The molecule has 1 N–H and O–H groups in total. The van der Waals surface area contributed by atoms with E-state index in [0.29, 0.717) is 40.1 Å². The first-order chi connectivity index (χ1) is 9.58. The molecule has 0 aliphatic carbocycles. The number of ether oxygens (including phenoxy) is 1. The van der Waals surface area contributed by atoms with Crippen molar-refractivity contribution in [2.45, 2.75) is 26.7 Å². The van der Waals surface area contributed by atoms with Gasteiger partial charge in [0.1, 0.15) is 0 Å². The molecule has 0 bridgehead atoms. The van der Waals surface area contributed by atoms with Crippen LogP contribution in [0.4, 0.5) is 0 Å². The van der Waals surface area contributed by atoms with Crippen molar-refractivity contribution in [3.63, 3.8) is 0 Å². The molecule has 2 rings (SSSR count). The molecule has 20 heavy (non-hydrogen) atoms. The van der Waals surface area contributed by atoms with Crippen molar-refractivity contribution in [3.8, 4) is 0 Å². The summed E-state index contributed by atoms with van der Waals surface area (Å²) >= 11 is 5.92. The zero-order valence-electron chi connectivity index (χ0n) is 11.5. The van der Waals surface area contributed by atoms with Crippen molar-refractivity contribution in [2.24, 2.45) is 0 Å². The Bertz CT molecular complexity index is 706. The van der Waals surface area contributed by atoms with E-state index in [4.69, 9.17) is 16.3 Å². The van der Waals surface area contributed by atoms with E-state index in [2.05, 4.69) is 4.98 Å². The Labute approximate surface area is 121 Å². The van der Waals surface area contributed by atoms with Gasteiger partial charge in [-0.25, -0.2) is 4.79 Å². The Kier molecular flexibility index (Phi) is 4.45. The molecular formula is C15H16ClNO3. The van der Waals surface area contributed by atoms with E-state index in [1.807, 2.05) is 6.92 Å². The second-order valence-electron chi connectivity index (χ2n) is 4.47. The van der Waals surface area contributed by atoms with Gasteiger partial charge in [-0.2, -0.15) is 0 Å². The maximum absolute atomic E-state index is 12.2. The molecule has 0 fully saturated rings. The van der Waals surface area contributed by atoms with Crippen molar-refractivity contribution in [1.29, 1.82) is 0 Å². The molecule has 0 unspecified atom stereocenters. The summed E-state index contributed by atoms with van der Waals surface area (Å²) in [6.45, 7) is 4.03. The van der Waals surface area contributed by atoms with Crippen molar-refractivity contribution >= 4 is 28.3 Å². The number of halogens is 1. The van der Waals surface area contributed by atoms with Gasteiger partial charge in [-0.1, -0.05) is 31.0 Å². The van der Waals surface area contributed by atoms with Crippen LogP contribution in [0.25, 0.3) is 10.8 Å². The highest BCUT2D eigenvalue weighted by molar-refractivity contribution is 6.31. The molecule has 0 spiro atoms. The first-order valence-corrected chi connectivity index (χ1v) is 6.97. The lowest BCUT2D eigenvalue weighted by molar-refractivity contribution is 0.0527. The fourth-order valence-electron chi connectivity index (χ4n) is 2.23. The summed E-state index contributed by atoms with van der Waals surface area (Å²) < 4.78 is 5.10. The van der Waals surface area contributed by atoms with Gasteiger partial charge in [0.15, 0.2) is 0 Å². The lowest BCUT2D eigenvalue weighted by Gasteiger charge is -2.11. The molecular weight excluding hydrogens is 278 g/mol. The fourth-order valence-corrected chi connectivity index (χ4v) is 2.40. The summed E-state index contributed by atoms with van der Waals surface area (Å²) in [5.74, 6) is -0.417. The molecule has 2 aromatic rings. The molecule has 0 amide bonds. The number of benzene rings is 1. The highest BCUT2D eigenvalue weighted by Crippen LogP contribution is 2.23. The minimum atomic E-state index is -0.417. The van der Waals surface area contributed by atoms with Crippen molar-refractivity contribution in [1.82, 2.24) is 4.98 Å². The van der Waals surface area contributed by atoms with Crippen molar-refractivity contribution in [2.75, 3.05) is 6.61 Å². The molecule has 1 aromatic heterocycles. The van der Waals surface area contributed by atoms with Crippen molar-refractivity contribution in [3.05, 3.63) is 44.8 Å². The number of carbonyl (C=O) groups is 1. The second-order valence-corrected chi connectivity index (χ2v) is 4.90. The number of aromatic nitrogens is 1. The van der Waals surface area contributed by atoms with E-state index in [1.54, 1.807) is 25.1 Å². The number of rotatable bonds is 4. The van der Waals surface area contributed by atoms with E-state index in [9.17, 15) is 9.59 Å². The Morgan fingerprint density at radius 3 is 2.70 bits per heavy atom. The van der Waals surface area contributed by atoms with Gasteiger partial charge in [0, 0.05) is 21.5 Å². The summed E-state index contributed by atoms with van der Waals surface area (Å²) in [6, 6.07) is 4.92. The molecule has 0 aliphatic heterocycles. The summed E-state index contributed by atoms with van der Waals surface area (Å²) in [5, 5.41) is 1.45. The van der Waals surface area contributed by atoms with Crippen LogP contribution in [0.15, 0.2) is 23.0 Å². The van der Waals surface area contributed by atoms with Crippen LogP contribution in [0.2, 0.25) is 5.02 Å². The molecule has 1 aromatic carbocycles. The Morgan fingerprint density at radius 2 is 2.05 bits per heavy atom. The SMILES string of the molecule is CCCc1[nH]c(=O)c2cc(Cl)ccc2c1C(=O)OCC. The van der Waals surface area contributed by atoms with Gasteiger partial charge in [0.05, 0.1) is 12.2 Å². The highest BCUT2D eigenvalue weighted by Gasteiger charge is 2.18. The third-order valence-corrected chi connectivity index (χ3v) is 3.28. The second kappa shape index (κ2) is 6.09. The molecule has 0 atom stereocenters. The predicted octanol–water partition coefficient (Wildman–Crippen LogP) is 3.31. The molecule has 0 radical (unpaired) electrons. The van der Waals surface area contributed by atoms with E-state index < -0.39 is 5.97 Å². The molecule has 0 aliphatic rings. The molecule has 4 nitrogen and oxygen atoms in total. The topological polar surface area (TPSA) is 59.2 Å². The third-order valence-electron chi connectivity index (χ3n) is 3.04. The number of nitrogens with one attached hydrogen (secondary N) is 1. The smallest absolute Gasteiger partial charge is 0.340 e. The molecule has 0 saturated carbocycles. The molecule has 1 heterocycles. The minimum absolute atomic E-state index is 0.237. The fraction of sp³-hybridized carbons (Fsp3) is 0.333. The van der Waals surface area contributed by atoms with E-state index >= 15 is 0 Å². The lowest BCUT2D eigenvalue weighted by atomic mass is 10.0. The highest BCUT2D eigenvalue weighted by atomic mass is 35.5. The number of aryl methyl sites for hydroxylation is 1. The number of H-pyrrole nitrogens is 1. The maximum Gasteiger partial charge on any atom is 0.340 e. The van der Waals surface area contributed by atoms with Gasteiger partial charge in [0.2, 0.25) is 0 Å². The number of hydrogen-bond donors (Lipinski definition) is 1. The quantitative estimate of drug-likeness (QED) is 0.880. The predicted molar refractivity (Wildman–Crippen MR) is 79.5 cm³/mol. The van der Waals surface area contributed by atoms with Crippen LogP contribution < -0.4 is 5.56 Å². The largest absolute Gasteiger partial charge is 0.462 e. The molecule has 106 valence electrons. The Balaban J connectivity index is 2.78. The Hall–Kier alpha value is -1.81. The van der Waals surface area contributed by atoms with Crippen molar-refractivity contribution < 1.29 is 9.53 Å². The van der Waals surface area contributed by atoms with Crippen LogP contribution in [0, 0.1) is 0 Å². The van der Waals surface area contributed by atoms with E-state index in [1.165, 1.54) is 0 Å². The number of fused-ring (bicyclic) bond motifs is 1. The number of carbonyl (C=O) groups excluding carboxylic acids is 1. The third kappa shape index (κ3) is 2.70. The standard InChI is InChI=1S/C15H16ClNO3/c1-3-5-12-13(15(19)20-4-2)10-7-6-9(16)8-11(10)14(18)17-12/h6-8H,3-5H2,1-2H3,(H,17,18). The van der Waals surface area contributed by atoms with Gasteiger partial charge in [-0.3, -0.25) is 4.79 Å². The van der Waals surface area contributed by atoms with Crippen LogP contribution in [0.3, 0.4) is 0 Å². The first kappa shape index (κ1) is 14.6. The number of pyridine rings is 1. The number of esters is 1. The van der Waals surface area contributed by atoms with E-state index in [0.717, 1.165) is 6.42 Å². The first-order valence-electron chi connectivity index (χ1n) is 6.60. The van der Waals surface area contributed by atoms with Gasteiger partial charge >= 0.3 is 5.97 Å². The zero-order valence-corrected chi connectivity index (χ0v) is 12.2. The van der Waals surface area contributed by atoms with Crippen LogP contribution in [-0.2, 0) is 11.2 Å². The normalized spacial score (nSPS) is 10.8. The summed E-state index contributed by atoms with van der Waals surface area (Å²) in [5.41, 5.74) is 0.810. The summed E-state index contributed by atoms with van der Waals surface area (Å²) in [4.78, 5) is 27.0. The van der Waals surface area contributed by atoms with Gasteiger partial charge < -0.3 is 9.72 Å².